The number of aliphatic hydroxyl groups is 1. The van der Waals surface area contributed by atoms with E-state index in [9.17, 15) is 9.59 Å². The maximum Gasteiger partial charge on any atom is 0.229 e. The summed E-state index contributed by atoms with van der Waals surface area (Å²) in [6.45, 7) is 5.26. The van der Waals surface area contributed by atoms with E-state index in [1.807, 2.05) is 0 Å². The van der Waals surface area contributed by atoms with Crippen molar-refractivity contribution in [1.29, 1.82) is 0 Å². The van der Waals surface area contributed by atoms with E-state index in [0.717, 1.165) is 0 Å². The molecule has 0 saturated heterocycles. The van der Waals surface area contributed by atoms with Crippen molar-refractivity contribution < 1.29 is 5.11 Å². The van der Waals surface area contributed by atoms with E-state index in [1.54, 1.807) is 20.8 Å². The van der Waals surface area contributed by atoms with Gasteiger partial charge in [-0.3, -0.25) is 9.59 Å². The average Bonchev–Trinajstić information content (AvgIpc) is 2.02. The molecule has 0 fully saturated rings. The van der Waals surface area contributed by atoms with Crippen LogP contribution in [0.5, 0.6) is 0 Å². The van der Waals surface area contributed by atoms with Gasteiger partial charge in [0.15, 0.2) is 0 Å². The molecule has 62 valence electrons. The van der Waals surface area contributed by atoms with Crippen LogP contribution < -0.4 is 10.9 Å². The second-order valence-electron chi connectivity index (χ2n) is 2.22. The lowest BCUT2D eigenvalue weighted by Crippen LogP contribution is -2.36. The summed E-state index contributed by atoms with van der Waals surface area (Å²) in [5.41, 5.74) is 0.606. The van der Waals surface area contributed by atoms with Gasteiger partial charge < -0.3 is 5.11 Å². The first kappa shape index (κ1) is 10.0. The quantitative estimate of drug-likeness (QED) is 0.533. The molecule has 3 nitrogen and oxygen atoms in total. The zero-order valence-corrected chi connectivity index (χ0v) is 6.97. The molecule has 0 radical (unpaired) electrons. The number of hydrogen-bond acceptors (Lipinski definition) is 3. The zero-order chi connectivity index (χ0) is 9.02. The highest BCUT2D eigenvalue weighted by Crippen LogP contribution is 1.91. The number of hydrogen-bond donors (Lipinski definition) is 1. The van der Waals surface area contributed by atoms with Crippen LogP contribution in [0.15, 0.2) is 9.59 Å². The van der Waals surface area contributed by atoms with Crippen LogP contribution in [-0.2, 0) is 0 Å². The molecular weight excluding hydrogens is 144 g/mol. The Hall–Kier alpha value is -0.960. The summed E-state index contributed by atoms with van der Waals surface area (Å²) >= 11 is 0. The summed E-state index contributed by atoms with van der Waals surface area (Å²) in [5.74, 6) is 0. The van der Waals surface area contributed by atoms with Gasteiger partial charge in [-0.1, -0.05) is 0 Å². The fourth-order valence-corrected chi connectivity index (χ4v) is 0.619. The summed E-state index contributed by atoms with van der Waals surface area (Å²) < 4.78 is 0. The Bertz CT molecular complexity index is 262. The highest BCUT2D eigenvalue weighted by atomic mass is 16.2. The summed E-state index contributed by atoms with van der Waals surface area (Å²) in [7, 11) is 0. The molecule has 0 aliphatic rings. The molecule has 0 amide bonds. The largest absolute Gasteiger partial charge is 0.397 e. The van der Waals surface area contributed by atoms with Gasteiger partial charge in [0.2, 0.25) is 10.9 Å². The highest BCUT2D eigenvalue weighted by Gasteiger charge is 2.09. The molecule has 0 atom stereocenters. The van der Waals surface area contributed by atoms with E-state index >= 15 is 0 Å². The molecule has 0 aliphatic heterocycles. The van der Waals surface area contributed by atoms with E-state index in [0.29, 0.717) is 11.1 Å². The minimum absolute atomic E-state index is 0.250. The Morgan fingerprint density at radius 3 is 1.36 bits per heavy atom. The van der Waals surface area contributed by atoms with Gasteiger partial charge in [0.25, 0.3) is 0 Å². The fourth-order valence-electron chi connectivity index (χ4n) is 0.619. The lowest BCUT2D eigenvalue weighted by Gasteiger charge is -1.95. The van der Waals surface area contributed by atoms with Crippen LogP contribution in [0.2, 0.25) is 0 Å². The molecule has 0 spiro atoms. The van der Waals surface area contributed by atoms with E-state index < -0.39 is 0 Å². The maximum absolute atomic E-state index is 10.4. The first-order valence-electron chi connectivity index (χ1n) is 3.43. The minimum atomic E-state index is -0.317. The molecule has 1 aromatic rings. The molecule has 0 aliphatic carbocycles. The molecule has 0 bridgehead atoms. The van der Waals surface area contributed by atoms with Crippen LogP contribution in [-0.4, -0.2) is 11.7 Å². The predicted molar refractivity (Wildman–Crippen MR) is 43.6 cm³/mol. The smallest absolute Gasteiger partial charge is 0.229 e. The van der Waals surface area contributed by atoms with Crippen molar-refractivity contribution >= 4 is 0 Å². The van der Waals surface area contributed by atoms with Gasteiger partial charge in [0, 0.05) is 17.7 Å². The van der Waals surface area contributed by atoms with Gasteiger partial charge in [-0.25, -0.2) is 0 Å². The second-order valence-corrected chi connectivity index (χ2v) is 2.22. The van der Waals surface area contributed by atoms with E-state index in [1.165, 1.54) is 0 Å². The third-order valence-corrected chi connectivity index (χ3v) is 1.45. The van der Waals surface area contributed by atoms with Crippen LogP contribution in [0.3, 0.4) is 0 Å². The SMILES string of the molecule is CCO.Cc1c(C)c(=O)c1=O. The van der Waals surface area contributed by atoms with Gasteiger partial charge in [-0.2, -0.15) is 0 Å². The van der Waals surface area contributed by atoms with E-state index in [4.69, 9.17) is 5.11 Å². The van der Waals surface area contributed by atoms with E-state index in [2.05, 4.69) is 0 Å². The molecule has 1 N–H and O–H groups in total. The first-order chi connectivity index (χ1) is 5.06. The third-order valence-electron chi connectivity index (χ3n) is 1.45. The second kappa shape index (κ2) is 4.03. The monoisotopic (exact) mass is 156 g/mol. The Morgan fingerprint density at radius 2 is 1.27 bits per heavy atom. The lowest BCUT2D eigenvalue weighted by atomic mass is 10.1. The molecular formula is C8H12O3. The van der Waals surface area contributed by atoms with Crippen molar-refractivity contribution in [3.05, 3.63) is 31.6 Å². The van der Waals surface area contributed by atoms with Crippen molar-refractivity contribution in [1.82, 2.24) is 0 Å². The molecule has 0 aromatic heterocycles. The summed E-state index contributed by atoms with van der Waals surface area (Å²) in [5, 5.41) is 7.57. The van der Waals surface area contributed by atoms with Gasteiger partial charge in [0.1, 0.15) is 0 Å². The van der Waals surface area contributed by atoms with Gasteiger partial charge in [-0.05, 0) is 20.8 Å². The molecule has 1 rings (SSSR count). The molecule has 0 saturated carbocycles. The van der Waals surface area contributed by atoms with Gasteiger partial charge >= 0.3 is 0 Å². The normalized spacial score (nSPS) is 9.09. The lowest BCUT2D eigenvalue weighted by molar-refractivity contribution is 0.318. The van der Waals surface area contributed by atoms with Crippen molar-refractivity contribution in [3.8, 4) is 0 Å². The Labute approximate surface area is 65.0 Å². The Balaban J connectivity index is 0.000000292. The standard InChI is InChI=1S/C6H6O2.C2H6O/c1-3-4(2)6(8)5(3)7;1-2-3/h1-2H3;3H,2H2,1H3. The highest BCUT2D eigenvalue weighted by molar-refractivity contribution is 5.29. The number of aliphatic hydroxyl groups excluding tert-OH is 1. The Morgan fingerprint density at radius 1 is 1.09 bits per heavy atom. The minimum Gasteiger partial charge on any atom is -0.397 e. The van der Waals surface area contributed by atoms with E-state index in [-0.39, 0.29) is 17.5 Å². The van der Waals surface area contributed by atoms with Crippen molar-refractivity contribution in [2.45, 2.75) is 20.8 Å². The predicted octanol–water partition coefficient (Wildman–Crippen LogP) is -0.102. The topological polar surface area (TPSA) is 54.4 Å². The maximum atomic E-state index is 10.4. The molecule has 1 aromatic carbocycles. The van der Waals surface area contributed by atoms with Crippen LogP contribution in [0.1, 0.15) is 18.1 Å². The number of rotatable bonds is 0. The zero-order valence-electron chi connectivity index (χ0n) is 6.97. The van der Waals surface area contributed by atoms with Crippen molar-refractivity contribution in [2.24, 2.45) is 0 Å². The van der Waals surface area contributed by atoms with Crippen LogP contribution >= 0.6 is 0 Å². The summed E-state index contributed by atoms with van der Waals surface area (Å²) in [6.07, 6.45) is 0. The van der Waals surface area contributed by atoms with Crippen molar-refractivity contribution in [2.75, 3.05) is 6.61 Å². The van der Waals surface area contributed by atoms with Crippen molar-refractivity contribution in [3.63, 3.8) is 0 Å². The third kappa shape index (κ3) is 1.98. The van der Waals surface area contributed by atoms with Gasteiger partial charge in [0.05, 0.1) is 0 Å². The fraction of sp³-hybridized carbons (Fsp3) is 0.500. The average molecular weight is 156 g/mol. The molecule has 0 unspecified atom stereocenters. The summed E-state index contributed by atoms with van der Waals surface area (Å²) in [4.78, 5) is 20.7. The summed E-state index contributed by atoms with van der Waals surface area (Å²) in [6, 6.07) is 0. The van der Waals surface area contributed by atoms with Crippen LogP contribution in [0.4, 0.5) is 0 Å². The van der Waals surface area contributed by atoms with Crippen LogP contribution in [0, 0.1) is 13.8 Å². The first-order valence-corrected chi connectivity index (χ1v) is 3.43. The molecule has 3 heteroatoms. The van der Waals surface area contributed by atoms with Crippen LogP contribution in [0.25, 0.3) is 0 Å². The molecule has 11 heavy (non-hydrogen) atoms. The Kier molecular flexibility index (Phi) is 3.68. The molecule has 0 heterocycles. The van der Waals surface area contributed by atoms with Gasteiger partial charge in [-0.15, -0.1) is 0 Å².